The normalized spacial score (nSPS) is 39.5. The molecule has 3 nitrogen and oxygen atoms in total. The molecular formula is C13H20N2OS. The van der Waals surface area contributed by atoms with Crippen LogP contribution in [0.2, 0.25) is 0 Å². The molecular weight excluding hydrogens is 232 g/mol. The third-order valence-corrected chi connectivity index (χ3v) is 5.35. The molecule has 1 aromatic rings. The summed E-state index contributed by atoms with van der Waals surface area (Å²) in [6.07, 6.45) is 4.05. The van der Waals surface area contributed by atoms with Gasteiger partial charge in [-0.05, 0) is 55.1 Å². The van der Waals surface area contributed by atoms with Crippen LogP contribution in [0.4, 0.5) is 0 Å². The van der Waals surface area contributed by atoms with Crippen LogP contribution in [-0.2, 0) is 0 Å². The summed E-state index contributed by atoms with van der Waals surface area (Å²) in [5, 5.41) is 15.0. The predicted octanol–water partition coefficient (Wildman–Crippen LogP) is 1.74. The Balaban J connectivity index is 1.83. The van der Waals surface area contributed by atoms with Crippen LogP contribution in [0, 0.1) is 0 Å². The molecule has 3 atom stereocenters. The predicted molar refractivity (Wildman–Crippen MR) is 70.0 cm³/mol. The number of fused-ring (bicyclic) bond motifs is 2. The fourth-order valence-electron chi connectivity index (χ4n) is 3.50. The maximum Gasteiger partial charge on any atom is 0.0869 e. The lowest BCUT2D eigenvalue weighted by molar-refractivity contribution is -0.0628. The van der Waals surface area contributed by atoms with Crippen molar-refractivity contribution in [2.45, 2.75) is 49.4 Å². The second-order valence-electron chi connectivity index (χ2n) is 5.60. The van der Waals surface area contributed by atoms with Gasteiger partial charge in [-0.1, -0.05) is 0 Å². The van der Waals surface area contributed by atoms with Crippen molar-refractivity contribution in [3.8, 4) is 0 Å². The lowest BCUT2D eigenvalue weighted by Gasteiger charge is -2.45. The Morgan fingerprint density at radius 3 is 2.65 bits per heavy atom. The minimum absolute atomic E-state index is 0.231. The van der Waals surface area contributed by atoms with Crippen molar-refractivity contribution >= 4 is 11.3 Å². The average Bonchev–Trinajstić information content (AvgIpc) is 2.88. The molecule has 2 saturated heterocycles. The first-order valence-electron chi connectivity index (χ1n) is 6.32. The van der Waals surface area contributed by atoms with Crippen molar-refractivity contribution in [2.75, 3.05) is 7.05 Å². The van der Waals surface area contributed by atoms with E-state index in [2.05, 4.69) is 17.3 Å². The molecule has 0 spiro atoms. The largest absolute Gasteiger partial charge is 0.388 e. The summed E-state index contributed by atoms with van der Waals surface area (Å²) in [6.45, 7) is 0. The van der Waals surface area contributed by atoms with Crippen LogP contribution in [-0.4, -0.2) is 34.7 Å². The first-order valence-corrected chi connectivity index (χ1v) is 7.26. The highest BCUT2D eigenvalue weighted by Gasteiger charge is 2.49. The van der Waals surface area contributed by atoms with Gasteiger partial charge in [0.25, 0.3) is 0 Å². The molecule has 0 amide bonds. The fourth-order valence-corrected chi connectivity index (χ4v) is 4.19. The van der Waals surface area contributed by atoms with Gasteiger partial charge < -0.3 is 15.7 Å². The lowest BCUT2D eigenvalue weighted by atomic mass is 9.79. The second-order valence-corrected chi connectivity index (χ2v) is 6.38. The van der Waals surface area contributed by atoms with Crippen molar-refractivity contribution in [2.24, 2.45) is 5.73 Å². The molecule has 2 aliphatic heterocycles. The van der Waals surface area contributed by atoms with E-state index < -0.39 is 5.60 Å². The zero-order valence-corrected chi connectivity index (χ0v) is 11.0. The third-order valence-electron chi connectivity index (χ3n) is 4.64. The molecule has 2 fully saturated rings. The number of aliphatic hydroxyl groups is 1. The molecule has 0 aliphatic carbocycles. The topological polar surface area (TPSA) is 49.5 Å². The van der Waals surface area contributed by atoms with E-state index in [0.29, 0.717) is 12.1 Å². The number of piperidine rings is 1. The summed E-state index contributed by atoms with van der Waals surface area (Å²) in [7, 11) is 2.18. The zero-order valence-electron chi connectivity index (χ0n) is 10.2. The standard InChI is InChI=1S/C13H20N2OS/c1-15-10-2-3-11(15)7-13(16,6-10)12(14)9-4-5-17-8-9/h4-5,8,10-12,16H,2-3,6-7,14H2,1H3. The van der Waals surface area contributed by atoms with Crippen molar-refractivity contribution in [3.63, 3.8) is 0 Å². The van der Waals surface area contributed by atoms with Gasteiger partial charge >= 0.3 is 0 Å². The summed E-state index contributed by atoms with van der Waals surface area (Å²) < 4.78 is 0. The van der Waals surface area contributed by atoms with Crippen LogP contribution < -0.4 is 5.73 Å². The molecule has 3 heterocycles. The second kappa shape index (κ2) is 4.05. The molecule has 3 unspecified atom stereocenters. The van der Waals surface area contributed by atoms with Gasteiger partial charge in [0.15, 0.2) is 0 Å². The van der Waals surface area contributed by atoms with Gasteiger partial charge in [-0.25, -0.2) is 0 Å². The van der Waals surface area contributed by atoms with E-state index in [0.717, 1.165) is 18.4 Å². The van der Waals surface area contributed by atoms with Crippen molar-refractivity contribution in [1.29, 1.82) is 0 Å². The van der Waals surface area contributed by atoms with Crippen LogP contribution in [0.1, 0.15) is 37.3 Å². The number of hydrogen-bond donors (Lipinski definition) is 2. The Kier molecular flexibility index (Phi) is 2.78. The van der Waals surface area contributed by atoms with Gasteiger partial charge in [0.1, 0.15) is 0 Å². The van der Waals surface area contributed by atoms with E-state index in [9.17, 15) is 5.11 Å². The minimum Gasteiger partial charge on any atom is -0.388 e. The summed E-state index contributed by atoms with van der Waals surface area (Å²) in [5.41, 5.74) is 6.66. The van der Waals surface area contributed by atoms with Gasteiger partial charge in [-0.3, -0.25) is 0 Å². The molecule has 0 saturated carbocycles. The monoisotopic (exact) mass is 252 g/mol. The summed E-state index contributed by atoms with van der Waals surface area (Å²) in [6, 6.07) is 2.84. The number of thiophene rings is 1. The van der Waals surface area contributed by atoms with Crippen LogP contribution in [0.5, 0.6) is 0 Å². The van der Waals surface area contributed by atoms with Gasteiger partial charge in [0.2, 0.25) is 0 Å². The number of nitrogens with two attached hydrogens (primary N) is 1. The summed E-state index contributed by atoms with van der Waals surface area (Å²) in [5.74, 6) is 0. The fraction of sp³-hybridized carbons (Fsp3) is 0.692. The number of rotatable bonds is 2. The van der Waals surface area contributed by atoms with E-state index in [4.69, 9.17) is 5.73 Å². The smallest absolute Gasteiger partial charge is 0.0869 e. The highest BCUT2D eigenvalue weighted by molar-refractivity contribution is 7.07. The van der Waals surface area contributed by atoms with Gasteiger partial charge in [-0.15, -0.1) is 0 Å². The Bertz CT molecular complexity index is 378. The molecule has 1 aromatic heterocycles. The van der Waals surface area contributed by atoms with Gasteiger partial charge in [0, 0.05) is 12.1 Å². The number of hydrogen-bond acceptors (Lipinski definition) is 4. The maximum absolute atomic E-state index is 10.9. The van der Waals surface area contributed by atoms with E-state index in [1.54, 1.807) is 11.3 Å². The van der Waals surface area contributed by atoms with Crippen LogP contribution in [0.3, 0.4) is 0 Å². The molecule has 0 aromatic carbocycles. The summed E-state index contributed by atoms with van der Waals surface area (Å²) >= 11 is 1.65. The van der Waals surface area contributed by atoms with E-state index in [1.807, 2.05) is 11.4 Å². The minimum atomic E-state index is -0.709. The number of nitrogens with zero attached hydrogens (tertiary/aromatic N) is 1. The van der Waals surface area contributed by atoms with Crippen molar-refractivity contribution in [3.05, 3.63) is 22.4 Å². The first-order chi connectivity index (χ1) is 8.10. The van der Waals surface area contributed by atoms with Crippen LogP contribution in [0.25, 0.3) is 0 Å². The van der Waals surface area contributed by atoms with Crippen molar-refractivity contribution < 1.29 is 5.11 Å². The Morgan fingerprint density at radius 2 is 2.12 bits per heavy atom. The van der Waals surface area contributed by atoms with Crippen LogP contribution >= 0.6 is 11.3 Å². The highest BCUT2D eigenvalue weighted by atomic mass is 32.1. The molecule has 94 valence electrons. The van der Waals surface area contributed by atoms with E-state index in [-0.39, 0.29) is 6.04 Å². The molecule has 0 radical (unpaired) electrons. The van der Waals surface area contributed by atoms with Crippen LogP contribution in [0.15, 0.2) is 16.8 Å². The third kappa shape index (κ3) is 1.83. The van der Waals surface area contributed by atoms with Gasteiger partial charge in [0.05, 0.1) is 11.6 Å². The molecule has 17 heavy (non-hydrogen) atoms. The Labute approximate surface area is 106 Å². The molecule has 4 heteroatoms. The Morgan fingerprint density at radius 1 is 1.47 bits per heavy atom. The lowest BCUT2D eigenvalue weighted by Crippen LogP contribution is -2.54. The quantitative estimate of drug-likeness (QED) is 0.843. The highest BCUT2D eigenvalue weighted by Crippen LogP contribution is 2.44. The van der Waals surface area contributed by atoms with E-state index in [1.165, 1.54) is 12.8 Å². The average molecular weight is 252 g/mol. The molecule has 2 bridgehead atoms. The molecule has 3 N–H and O–H groups in total. The molecule has 2 aliphatic rings. The zero-order chi connectivity index (χ0) is 12.0. The first kappa shape index (κ1) is 11.7. The molecule has 3 rings (SSSR count). The summed E-state index contributed by atoms with van der Waals surface area (Å²) in [4.78, 5) is 2.43. The van der Waals surface area contributed by atoms with Gasteiger partial charge in [-0.2, -0.15) is 11.3 Å². The maximum atomic E-state index is 10.9. The van der Waals surface area contributed by atoms with Crippen molar-refractivity contribution in [1.82, 2.24) is 4.90 Å². The Hall–Kier alpha value is -0.420. The van der Waals surface area contributed by atoms with E-state index >= 15 is 0 Å². The SMILES string of the molecule is CN1C2CCC1CC(O)(C(N)c1ccsc1)C2.